The van der Waals surface area contributed by atoms with Gasteiger partial charge in [0.15, 0.2) is 0 Å². The molecule has 90 valence electrons. The normalized spacial score (nSPS) is 17.1. The maximum Gasteiger partial charge on any atom is 0.307 e. The average molecular weight is 219 g/mol. The zero-order valence-corrected chi connectivity index (χ0v) is 9.62. The van der Waals surface area contributed by atoms with Crippen molar-refractivity contribution in [2.45, 2.75) is 25.9 Å². The summed E-state index contributed by atoms with van der Waals surface area (Å²) in [4.78, 5) is 10.5. The highest BCUT2D eigenvalue weighted by atomic mass is 16.5. The smallest absolute Gasteiger partial charge is 0.307 e. The van der Waals surface area contributed by atoms with Gasteiger partial charge in [-0.2, -0.15) is 0 Å². The molecule has 0 aliphatic carbocycles. The van der Waals surface area contributed by atoms with Gasteiger partial charge in [-0.3, -0.25) is 4.79 Å². The van der Waals surface area contributed by atoms with Crippen LogP contribution in [0.3, 0.4) is 0 Å². The molecular formula is C10H21NO4. The fourth-order valence-electron chi connectivity index (χ4n) is 1.06. The van der Waals surface area contributed by atoms with E-state index in [9.17, 15) is 9.90 Å². The van der Waals surface area contributed by atoms with E-state index in [1.54, 1.807) is 21.0 Å². The number of hydrogen-bond acceptors (Lipinski definition) is 4. The highest BCUT2D eigenvalue weighted by molar-refractivity contribution is 5.69. The quantitative estimate of drug-likeness (QED) is 0.539. The predicted octanol–water partition coefficient (Wildman–Crippen LogP) is 0.0842. The molecule has 2 unspecified atom stereocenters. The van der Waals surface area contributed by atoms with E-state index >= 15 is 0 Å². The molecule has 0 aliphatic rings. The lowest BCUT2D eigenvalue weighted by molar-refractivity contribution is -0.141. The molecule has 0 heterocycles. The lowest BCUT2D eigenvalue weighted by Gasteiger charge is -2.23. The molecule has 3 N–H and O–H groups in total. The summed E-state index contributed by atoms with van der Waals surface area (Å²) in [7, 11) is 1.58. The Labute approximate surface area is 90.4 Å². The van der Waals surface area contributed by atoms with Crippen molar-refractivity contribution in [1.82, 2.24) is 5.32 Å². The van der Waals surface area contributed by atoms with Crippen molar-refractivity contribution >= 4 is 5.97 Å². The van der Waals surface area contributed by atoms with E-state index in [-0.39, 0.29) is 0 Å². The zero-order chi connectivity index (χ0) is 11.9. The second kappa shape index (κ2) is 6.76. The standard InChI is InChI=1S/C10H21NO4/c1-8(9(12)13)6-11-7-10(2,14)4-5-15-3/h8,11,14H,4-7H2,1-3H3,(H,12,13). The molecule has 0 saturated heterocycles. The van der Waals surface area contributed by atoms with Crippen LogP contribution in [0.1, 0.15) is 20.3 Å². The first-order valence-corrected chi connectivity index (χ1v) is 5.04. The Balaban J connectivity index is 3.69. The molecule has 2 atom stereocenters. The first kappa shape index (κ1) is 14.3. The molecule has 0 rings (SSSR count). The number of aliphatic carboxylic acids is 1. The van der Waals surface area contributed by atoms with Crippen molar-refractivity contribution in [2.24, 2.45) is 5.92 Å². The molecule has 0 aromatic rings. The van der Waals surface area contributed by atoms with Gasteiger partial charge < -0.3 is 20.3 Å². The maximum atomic E-state index is 10.5. The second-order valence-electron chi connectivity index (χ2n) is 4.11. The minimum atomic E-state index is -0.853. The van der Waals surface area contributed by atoms with Crippen molar-refractivity contribution in [3.05, 3.63) is 0 Å². The Morgan fingerprint density at radius 1 is 1.60 bits per heavy atom. The van der Waals surface area contributed by atoms with Crippen LogP contribution in [0, 0.1) is 5.92 Å². The summed E-state index contributed by atoms with van der Waals surface area (Å²) >= 11 is 0. The Hall–Kier alpha value is -0.650. The van der Waals surface area contributed by atoms with Gasteiger partial charge in [0.25, 0.3) is 0 Å². The Morgan fingerprint density at radius 3 is 2.67 bits per heavy atom. The number of aliphatic hydroxyl groups is 1. The van der Waals surface area contributed by atoms with Crippen LogP contribution >= 0.6 is 0 Å². The van der Waals surface area contributed by atoms with Gasteiger partial charge in [-0.05, 0) is 6.92 Å². The van der Waals surface area contributed by atoms with Crippen LogP contribution in [0.15, 0.2) is 0 Å². The highest BCUT2D eigenvalue weighted by Gasteiger charge is 2.20. The minimum Gasteiger partial charge on any atom is -0.481 e. The molecule has 0 amide bonds. The van der Waals surface area contributed by atoms with E-state index in [2.05, 4.69) is 5.32 Å². The summed E-state index contributed by atoms with van der Waals surface area (Å²) < 4.78 is 4.86. The van der Waals surface area contributed by atoms with E-state index in [4.69, 9.17) is 9.84 Å². The number of methoxy groups -OCH3 is 1. The van der Waals surface area contributed by atoms with Crippen molar-refractivity contribution in [2.75, 3.05) is 26.8 Å². The number of hydrogen-bond donors (Lipinski definition) is 3. The van der Waals surface area contributed by atoms with Gasteiger partial charge >= 0.3 is 5.97 Å². The number of carbonyl (C=O) groups is 1. The fourth-order valence-corrected chi connectivity index (χ4v) is 1.06. The molecule has 0 fully saturated rings. The molecule has 0 spiro atoms. The van der Waals surface area contributed by atoms with Gasteiger partial charge in [0.05, 0.1) is 11.5 Å². The Bertz CT molecular complexity index is 194. The Kier molecular flexibility index (Phi) is 6.47. The second-order valence-corrected chi connectivity index (χ2v) is 4.11. The Morgan fingerprint density at radius 2 is 2.20 bits per heavy atom. The molecule has 15 heavy (non-hydrogen) atoms. The minimum absolute atomic E-state index is 0.360. The zero-order valence-electron chi connectivity index (χ0n) is 9.62. The third-order valence-corrected chi connectivity index (χ3v) is 2.22. The number of nitrogens with one attached hydrogen (secondary N) is 1. The molecule has 0 aromatic heterocycles. The fraction of sp³-hybridized carbons (Fsp3) is 0.900. The van der Waals surface area contributed by atoms with Crippen molar-refractivity contribution in [3.63, 3.8) is 0 Å². The molecule has 5 nitrogen and oxygen atoms in total. The van der Waals surface area contributed by atoms with Crippen molar-refractivity contribution in [3.8, 4) is 0 Å². The van der Waals surface area contributed by atoms with Crippen LogP contribution < -0.4 is 5.32 Å². The maximum absolute atomic E-state index is 10.5. The molecule has 0 aromatic carbocycles. The van der Waals surface area contributed by atoms with Gasteiger partial charge in [-0.1, -0.05) is 6.92 Å². The van der Waals surface area contributed by atoms with E-state index in [1.165, 1.54) is 0 Å². The monoisotopic (exact) mass is 219 g/mol. The summed E-state index contributed by atoms with van der Waals surface area (Å²) in [5.41, 5.74) is -0.853. The molecule has 0 aliphatic heterocycles. The topological polar surface area (TPSA) is 78.8 Å². The van der Waals surface area contributed by atoms with Crippen LogP contribution in [0.4, 0.5) is 0 Å². The molecule has 0 radical (unpaired) electrons. The van der Waals surface area contributed by atoms with E-state index in [1.807, 2.05) is 0 Å². The van der Waals surface area contributed by atoms with Crippen LogP contribution in [-0.2, 0) is 9.53 Å². The lowest BCUT2D eigenvalue weighted by Crippen LogP contribution is -2.41. The first-order chi connectivity index (χ1) is 6.89. The third-order valence-electron chi connectivity index (χ3n) is 2.22. The SMILES string of the molecule is COCCC(C)(O)CNCC(C)C(=O)O. The third kappa shape index (κ3) is 7.30. The summed E-state index contributed by atoms with van der Waals surface area (Å²) in [5, 5.41) is 21.4. The van der Waals surface area contributed by atoms with E-state index < -0.39 is 17.5 Å². The molecular weight excluding hydrogens is 198 g/mol. The summed E-state index contributed by atoms with van der Waals surface area (Å²) in [6.07, 6.45) is 0.526. The largest absolute Gasteiger partial charge is 0.481 e. The van der Waals surface area contributed by atoms with Gasteiger partial charge in [-0.25, -0.2) is 0 Å². The molecule has 0 saturated carbocycles. The van der Waals surface area contributed by atoms with Gasteiger partial charge in [0.1, 0.15) is 0 Å². The number of carboxylic acids is 1. The number of rotatable bonds is 8. The average Bonchev–Trinajstić information content (AvgIpc) is 2.14. The van der Waals surface area contributed by atoms with E-state index in [0.29, 0.717) is 26.1 Å². The van der Waals surface area contributed by atoms with Gasteiger partial charge in [0, 0.05) is 33.2 Å². The predicted molar refractivity (Wildman–Crippen MR) is 56.8 cm³/mol. The van der Waals surface area contributed by atoms with Crippen molar-refractivity contribution < 1.29 is 19.7 Å². The van der Waals surface area contributed by atoms with Crippen molar-refractivity contribution in [1.29, 1.82) is 0 Å². The molecule has 5 heteroatoms. The van der Waals surface area contributed by atoms with Crippen LogP contribution in [-0.4, -0.2) is 48.6 Å². The lowest BCUT2D eigenvalue weighted by atomic mass is 10.0. The van der Waals surface area contributed by atoms with Crippen LogP contribution in [0.25, 0.3) is 0 Å². The summed E-state index contributed by atoms with van der Waals surface area (Å²) in [5.74, 6) is -1.28. The van der Waals surface area contributed by atoms with Crippen LogP contribution in [0.2, 0.25) is 0 Å². The molecule has 0 bridgehead atoms. The number of carboxylic acid groups (broad SMARTS) is 1. The highest BCUT2D eigenvalue weighted by Crippen LogP contribution is 2.07. The summed E-state index contributed by atoms with van der Waals surface area (Å²) in [6, 6.07) is 0. The van der Waals surface area contributed by atoms with E-state index in [0.717, 1.165) is 0 Å². The van der Waals surface area contributed by atoms with Gasteiger partial charge in [-0.15, -0.1) is 0 Å². The van der Waals surface area contributed by atoms with Gasteiger partial charge in [0.2, 0.25) is 0 Å². The first-order valence-electron chi connectivity index (χ1n) is 5.04. The van der Waals surface area contributed by atoms with Crippen LogP contribution in [0.5, 0.6) is 0 Å². The number of ether oxygens (including phenoxy) is 1. The summed E-state index contributed by atoms with van der Waals surface area (Å²) in [6.45, 7) is 4.54.